The van der Waals surface area contributed by atoms with Crippen LogP contribution >= 0.6 is 11.6 Å². The first-order valence-electron chi connectivity index (χ1n) is 9.81. The van der Waals surface area contributed by atoms with E-state index < -0.39 is 17.4 Å². The van der Waals surface area contributed by atoms with Gasteiger partial charge in [0, 0.05) is 31.0 Å². The molecule has 1 atom stereocenters. The predicted octanol–water partition coefficient (Wildman–Crippen LogP) is 1.52. The van der Waals surface area contributed by atoms with E-state index in [0.717, 1.165) is 5.56 Å². The lowest BCUT2D eigenvalue weighted by atomic mass is 10.3. The number of fused-ring (bicyclic) bond motifs is 1. The van der Waals surface area contributed by atoms with Crippen LogP contribution in [0.4, 0.5) is 5.95 Å². The van der Waals surface area contributed by atoms with Crippen LogP contribution < -0.4 is 21.3 Å². The minimum Gasteiger partial charge on any atom is -0.491 e. The Kier molecular flexibility index (Phi) is 6.24. The number of nitrogens with zero attached hydrogens (tertiary/aromatic N) is 4. The van der Waals surface area contributed by atoms with Crippen LogP contribution in [-0.4, -0.2) is 41.9 Å². The van der Waals surface area contributed by atoms with Crippen molar-refractivity contribution in [3.8, 4) is 5.75 Å². The number of aliphatic hydroxyl groups excluding tert-OH is 1. The topological polar surface area (TPSA) is 127 Å². The Hall–Kier alpha value is -3.63. The fraction of sp³-hybridized carbons (Fsp3) is 0.238. The van der Waals surface area contributed by atoms with E-state index in [9.17, 15) is 14.7 Å². The molecular formula is C21H21ClN6O4. The standard InChI is InChI=1S/C21H21ClN6O4/c1-27-18-17(19(30)26-21(27)31)28(20(25-18)24-10-13-3-2-8-23-9-13)11-15(29)12-32-16-6-4-14(22)5-7-16/h2-9,15,29H,10-12H2,1H3,(H,24,25)(H,26,30,31)/t15-/m1/s1. The summed E-state index contributed by atoms with van der Waals surface area (Å²) in [7, 11) is 1.52. The second-order valence-corrected chi connectivity index (χ2v) is 7.61. The third-order valence-corrected chi connectivity index (χ3v) is 5.08. The highest BCUT2D eigenvalue weighted by Crippen LogP contribution is 2.18. The number of anilines is 1. The molecule has 0 unspecified atom stereocenters. The minimum atomic E-state index is -0.960. The van der Waals surface area contributed by atoms with Gasteiger partial charge < -0.3 is 19.7 Å². The number of aromatic amines is 1. The number of pyridine rings is 1. The summed E-state index contributed by atoms with van der Waals surface area (Å²) in [4.78, 5) is 35.4. The van der Waals surface area contributed by atoms with Crippen LogP contribution in [-0.2, 0) is 20.1 Å². The number of imidazole rings is 1. The molecule has 1 aromatic carbocycles. The van der Waals surface area contributed by atoms with E-state index in [1.165, 1.54) is 11.6 Å². The van der Waals surface area contributed by atoms with Crippen LogP contribution in [0, 0.1) is 0 Å². The highest BCUT2D eigenvalue weighted by atomic mass is 35.5. The van der Waals surface area contributed by atoms with Crippen molar-refractivity contribution >= 4 is 28.7 Å². The molecule has 11 heteroatoms. The van der Waals surface area contributed by atoms with Gasteiger partial charge in [-0.2, -0.15) is 4.98 Å². The Morgan fingerprint density at radius 3 is 2.75 bits per heavy atom. The minimum absolute atomic E-state index is 0.0146. The van der Waals surface area contributed by atoms with Crippen LogP contribution in [0.25, 0.3) is 11.2 Å². The Balaban J connectivity index is 1.61. The summed E-state index contributed by atoms with van der Waals surface area (Å²) in [5.74, 6) is 0.889. The van der Waals surface area contributed by atoms with Crippen LogP contribution in [0.2, 0.25) is 5.02 Å². The SMILES string of the molecule is Cn1c(=O)[nH]c(=O)c2c1nc(NCc1cccnc1)n2C[C@@H](O)COc1ccc(Cl)cc1. The van der Waals surface area contributed by atoms with Gasteiger partial charge in [0.05, 0.1) is 6.54 Å². The molecule has 0 spiro atoms. The number of benzene rings is 1. The van der Waals surface area contributed by atoms with Gasteiger partial charge in [0.25, 0.3) is 5.56 Å². The second-order valence-electron chi connectivity index (χ2n) is 7.17. The average molecular weight is 457 g/mol. The Morgan fingerprint density at radius 1 is 1.25 bits per heavy atom. The van der Waals surface area contributed by atoms with Gasteiger partial charge in [-0.15, -0.1) is 0 Å². The van der Waals surface area contributed by atoms with Crippen molar-refractivity contribution in [1.82, 2.24) is 24.1 Å². The monoisotopic (exact) mass is 456 g/mol. The van der Waals surface area contributed by atoms with Gasteiger partial charge in [-0.25, -0.2) is 4.79 Å². The lowest BCUT2D eigenvalue weighted by Crippen LogP contribution is -2.31. The van der Waals surface area contributed by atoms with Gasteiger partial charge in [0.1, 0.15) is 18.5 Å². The van der Waals surface area contributed by atoms with E-state index in [4.69, 9.17) is 16.3 Å². The fourth-order valence-corrected chi connectivity index (χ4v) is 3.34. The Morgan fingerprint density at radius 2 is 2.03 bits per heavy atom. The molecule has 0 bridgehead atoms. The van der Waals surface area contributed by atoms with Gasteiger partial charge in [-0.3, -0.25) is 19.3 Å². The summed E-state index contributed by atoms with van der Waals surface area (Å²) in [6.45, 7) is 0.383. The van der Waals surface area contributed by atoms with Gasteiger partial charge in [0.15, 0.2) is 11.2 Å². The molecule has 3 aromatic heterocycles. The molecule has 0 aliphatic carbocycles. The van der Waals surface area contributed by atoms with Gasteiger partial charge in [-0.1, -0.05) is 17.7 Å². The normalized spacial score (nSPS) is 12.1. The third kappa shape index (κ3) is 4.66. The molecule has 32 heavy (non-hydrogen) atoms. The second kappa shape index (κ2) is 9.25. The molecule has 4 aromatic rings. The summed E-state index contributed by atoms with van der Waals surface area (Å²) in [6, 6.07) is 10.5. The number of halogens is 1. The summed E-state index contributed by atoms with van der Waals surface area (Å²) < 4.78 is 8.40. The van der Waals surface area contributed by atoms with Crippen LogP contribution in [0.3, 0.4) is 0 Å². The first-order valence-corrected chi connectivity index (χ1v) is 10.2. The Bertz CT molecular complexity index is 1330. The van der Waals surface area contributed by atoms with E-state index in [1.807, 2.05) is 12.1 Å². The van der Waals surface area contributed by atoms with Crippen molar-refractivity contribution in [2.45, 2.75) is 19.2 Å². The number of aliphatic hydroxyl groups is 1. The largest absolute Gasteiger partial charge is 0.491 e. The number of hydrogen-bond acceptors (Lipinski definition) is 7. The zero-order valence-electron chi connectivity index (χ0n) is 17.2. The van der Waals surface area contributed by atoms with Gasteiger partial charge >= 0.3 is 5.69 Å². The van der Waals surface area contributed by atoms with Gasteiger partial charge in [-0.05, 0) is 35.9 Å². The van der Waals surface area contributed by atoms with Crippen LogP contribution in [0.1, 0.15) is 5.56 Å². The number of rotatable bonds is 8. The van der Waals surface area contributed by atoms with E-state index in [-0.39, 0.29) is 24.3 Å². The first kappa shape index (κ1) is 21.6. The lowest BCUT2D eigenvalue weighted by molar-refractivity contribution is 0.0938. The maximum Gasteiger partial charge on any atom is 0.329 e. The summed E-state index contributed by atoms with van der Waals surface area (Å²) in [5, 5.41) is 14.3. The smallest absolute Gasteiger partial charge is 0.329 e. The molecule has 0 saturated carbocycles. The van der Waals surface area contributed by atoms with Crippen LogP contribution in [0.15, 0.2) is 58.4 Å². The fourth-order valence-electron chi connectivity index (χ4n) is 3.22. The van der Waals surface area contributed by atoms with E-state index in [1.54, 1.807) is 41.2 Å². The van der Waals surface area contributed by atoms with Gasteiger partial charge in [0.2, 0.25) is 5.95 Å². The molecular weight excluding hydrogens is 436 g/mol. The molecule has 4 rings (SSSR count). The van der Waals surface area contributed by atoms with Crippen molar-refractivity contribution in [3.05, 3.63) is 80.2 Å². The molecule has 0 aliphatic heterocycles. The highest BCUT2D eigenvalue weighted by molar-refractivity contribution is 6.30. The predicted molar refractivity (Wildman–Crippen MR) is 120 cm³/mol. The first-order chi connectivity index (χ1) is 15.4. The van der Waals surface area contributed by atoms with Crippen molar-refractivity contribution in [2.24, 2.45) is 7.05 Å². The molecule has 3 heterocycles. The molecule has 0 radical (unpaired) electrons. The molecule has 10 nitrogen and oxygen atoms in total. The summed E-state index contributed by atoms with van der Waals surface area (Å²) >= 11 is 5.87. The quantitative estimate of drug-likeness (QED) is 0.367. The van der Waals surface area contributed by atoms with Crippen molar-refractivity contribution in [3.63, 3.8) is 0 Å². The van der Waals surface area contributed by atoms with Crippen molar-refractivity contribution in [1.29, 1.82) is 0 Å². The molecule has 3 N–H and O–H groups in total. The molecule has 0 amide bonds. The maximum absolute atomic E-state index is 12.6. The number of nitrogens with one attached hydrogen (secondary N) is 2. The summed E-state index contributed by atoms with van der Waals surface area (Å²) in [6.07, 6.45) is 2.42. The Labute approximate surface area is 187 Å². The zero-order valence-corrected chi connectivity index (χ0v) is 17.9. The highest BCUT2D eigenvalue weighted by Gasteiger charge is 2.20. The summed E-state index contributed by atoms with van der Waals surface area (Å²) in [5.41, 5.74) is 0.124. The zero-order chi connectivity index (χ0) is 22.7. The lowest BCUT2D eigenvalue weighted by Gasteiger charge is -2.16. The molecule has 166 valence electrons. The number of aryl methyl sites for hydroxylation is 1. The molecule has 0 fully saturated rings. The average Bonchev–Trinajstić information content (AvgIpc) is 3.15. The number of ether oxygens (including phenoxy) is 1. The van der Waals surface area contributed by atoms with E-state index >= 15 is 0 Å². The number of aromatic nitrogens is 5. The van der Waals surface area contributed by atoms with Crippen molar-refractivity contribution in [2.75, 3.05) is 11.9 Å². The third-order valence-electron chi connectivity index (χ3n) is 4.83. The van der Waals surface area contributed by atoms with E-state index in [2.05, 4.69) is 20.3 Å². The molecule has 0 saturated heterocycles. The molecule has 0 aliphatic rings. The van der Waals surface area contributed by atoms with E-state index in [0.29, 0.717) is 23.3 Å². The number of hydrogen-bond donors (Lipinski definition) is 3. The maximum atomic E-state index is 12.6. The van der Waals surface area contributed by atoms with Crippen molar-refractivity contribution < 1.29 is 9.84 Å². The number of H-pyrrole nitrogens is 1. The van der Waals surface area contributed by atoms with Crippen LogP contribution in [0.5, 0.6) is 5.75 Å².